The molecule has 0 unspecified atom stereocenters. The van der Waals surface area contributed by atoms with Crippen molar-refractivity contribution < 1.29 is 14.3 Å². The van der Waals surface area contributed by atoms with Gasteiger partial charge in [-0.3, -0.25) is 4.79 Å². The summed E-state index contributed by atoms with van der Waals surface area (Å²) in [6, 6.07) is 0. The first kappa shape index (κ1) is 8.53. The first-order valence-electron chi connectivity index (χ1n) is 4.01. The molecule has 1 saturated heterocycles. The third kappa shape index (κ3) is 2.50. The highest BCUT2D eigenvalue weighted by Gasteiger charge is 2.20. The van der Waals surface area contributed by atoms with Gasteiger partial charge in [-0.05, 0) is 12.3 Å². The van der Waals surface area contributed by atoms with E-state index in [1.807, 2.05) is 0 Å². The Morgan fingerprint density at radius 1 is 1.45 bits per heavy atom. The number of hydrogen-bond acceptors (Lipinski definition) is 3. The van der Waals surface area contributed by atoms with Crippen molar-refractivity contribution in [3.63, 3.8) is 0 Å². The van der Waals surface area contributed by atoms with Crippen LogP contribution in [0.1, 0.15) is 19.8 Å². The minimum atomic E-state index is 0.0648. The molecule has 1 aliphatic heterocycles. The van der Waals surface area contributed by atoms with Crippen LogP contribution in [-0.2, 0) is 14.3 Å². The lowest BCUT2D eigenvalue weighted by molar-refractivity contribution is -0.136. The molecule has 64 valence electrons. The van der Waals surface area contributed by atoms with E-state index in [9.17, 15) is 4.79 Å². The normalized spacial score (nSPS) is 32.5. The Balaban J connectivity index is 2.38. The van der Waals surface area contributed by atoms with E-state index in [-0.39, 0.29) is 6.10 Å². The minimum Gasteiger partial charge on any atom is -0.464 e. The predicted molar refractivity (Wildman–Crippen MR) is 40.2 cm³/mol. The molecule has 1 rings (SSSR count). The zero-order valence-electron chi connectivity index (χ0n) is 6.79. The van der Waals surface area contributed by atoms with Gasteiger partial charge < -0.3 is 9.47 Å². The maximum absolute atomic E-state index is 10.1. The molecular formula is C8H14O3. The van der Waals surface area contributed by atoms with E-state index < -0.39 is 0 Å². The zero-order valence-corrected chi connectivity index (χ0v) is 6.79. The fourth-order valence-corrected chi connectivity index (χ4v) is 1.31. The molecule has 0 spiro atoms. The van der Waals surface area contributed by atoms with Gasteiger partial charge in [0, 0.05) is 13.0 Å². The molecule has 0 aromatic rings. The van der Waals surface area contributed by atoms with Crippen molar-refractivity contribution in [3.05, 3.63) is 0 Å². The molecule has 0 radical (unpaired) electrons. The largest absolute Gasteiger partial charge is 0.464 e. The Hall–Kier alpha value is -0.570. The summed E-state index contributed by atoms with van der Waals surface area (Å²) < 4.78 is 10.2. The molecule has 0 aliphatic carbocycles. The summed E-state index contributed by atoms with van der Waals surface area (Å²) in [5.74, 6) is 0.433. The third-order valence-electron chi connectivity index (χ3n) is 2.13. The van der Waals surface area contributed by atoms with Gasteiger partial charge in [0.05, 0.1) is 6.61 Å². The molecule has 0 amide bonds. The lowest BCUT2D eigenvalue weighted by Gasteiger charge is -2.17. The molecule has 1 aliphatic rings. The second kappa shape index (κ2) is 4.34. The topological polar surface area (TPSA) is 35.5 Å². The predicted octanol–water partition coefficient (Wildman–Crippen LogP) is 0.974. The van der Waals surface area contributed by atoms with Gasteiger partial charge in [-0.2, -0.15) is 0 Å². The molecule has 3 nitrogen and oxygen atoms in total. The first-order chi connectivity index (χ1) is 5.34. The van der Waals surface area contributed by atoms with Crippen molar-refractivity contribution in [3.8, 4) is 0 Å². The maximum atomic E-state index is 10.1. The van der Waals surface area contributed by atoms with Crippen LogP contribution in [-0.4, -0.2) is 25.8 Å². The minimum absolute atomic E-state index is 0.0648. The number of rotatable bonds is 2. The average molecular weight is 158 g/mol. The Morgan fingerprint density at radius 2 is 2.18 bits per heavy atom. The van der Waals surface area contributed by atoms with Gasteiger partial charge in [-0.25, -0.2) is 0 Å². The molecule has 0 N–H and O–H groups in total. The number of hydrogen-bond donors (Lipinski definition) is 0. The quantitative estimate of drug-likeness (QED) is 0.562. The van der Waals surface area contributed by atoms with Crippen LogP contribution in [0.2, 0.25) is 0 Å². The summed E-state index contributed by atoms with van der Waals surface area (Å²) in [6.07, 6.45) is 1.88. The lowest BCUT2D eigenvalue weighted by Crippen LogP contribution is -2.20. The van der Waals surface area contributed by atoms with E-state index in [2.05, 4.69) is 6.92 Å². The van der Waals surface area contributed by atoms with Gasteiger partial charge in [0.1, 0.15) is 6.10 Å². The van der Waals surface area contributed by atoms with E-state index in [0.717, 1.165) is 19.4 Å². The van der Waals surface area contributed by atoms with E-state index in [4.69, 9.17) is 9.47 Å². The number of ether oxygens (including phenoxy) is 2. The molecular weight excluding hydrogens is 144 g/mol. The fraction of sp³-hybridized carbons (Fsp3) is 0.875. The Kier molecular flexibility index (Phi) is 3.36. The van der Waals surface area contributed by atoms with Crippen LogP contribution in [0.25, 0.3) is 0 Å². The Bertz CT molecular complexity index is 125. The van der Waals surface area contributed by atoms with Crippen molar-refractivity contribution in [2.45, 2.75) is 25.9 Å². The van der Waals surface area contributed by atoms with Crippen molar-refractivity contribution in [1.82, 2.24) is 0 Å². The van der Waals surface area contributed by atoms with Crippen LogP contribution in [0.5, 0.6) is 0 Å². The molecule has 11 heavy (non-hydrogen) atoms. The van der Waals surface area contributed by atoms with E-state index >= 15 is 0 Å². The second-order valence-electron chi connectivity index (χ2n) is 2.94. The van der Waals surface area contributed by atoms with Crippen LogP contribution >= 0.6 is 0 Å². The highest BCUT2D eigenvalue weighted by Crippen LogP contribution is 2.17. The number of carbonyl (C=O) groups excluding carboxylic acids is 1. The van der Waals surface area contributed by atoms with Crippen molar-refractivity contribution in [2.75, 3.05) is 13.2 Å². The monoisotopic (exact) mass is 158 g/mol. The highest BCUT2D eigenvalue weighted by atomic mass is 16.5. The molecule has 1 heterocycles. The maximum Gasteiger partial charge on any atom is 0.293 e. The van der Waals surface area contributed by atoms with E-state index in [0.29, 0.717) is 19.0 Å². The van der Waals surface area contributed by atoms with Crippen LogP contribution in [0.3, 0.4) is 0 Å². The highest BCUT2D eigenvalue weighted by molar-refractivity contribution is 5.37. The van der Waals surface area contributed by atoms with Gasteiger partial charge in [0.15, 0.2) is 0 Å². The van der Waals surface area contributed by atoms with Crippen LogP contribution in [0.15, 0.2) is 0 Å². The molecule has 0 aromatic heterocycles. The lowest BCUT2D eigenvalue weighted by atomic mass is 10.00. The second-order valence-corrected chi connectivity index (χ2v) is 2.94. The standard InChI is InChI=1S/C8H14O3/c1-7-2-4-10-5-3-8(7)11-6-9/h6-8H,2-5H2,1H3/t7-,8-/m1/s1. The van der Waals surface area contributed by atoms with Gasteiger partial charge in [-0.1, -0.05) is 6.92 Å². The summed E-state index contributed by atoms with van der Waals surface area (Å²) in [7, 11) is 0. The number of carbonyl (C=O) groups is 1. The molecule has 0 aromatic carbocycles. The van der Waals surface area contributed by atoms with E-state index in [1.54, 1.807) is 0 Å². The molecule has 1 fully saturated rings. The summed E-state index contributed by atoms with van der Waals surface area (Å²) in [6.45, 7) is 4.12. The van der Waals surface area contributed by atoms with Crippen molar-refractivity contribution >= 4 is 6.47 Å². The summed E-state index contributed by atoms with van der Waals surface area (Å²) in [4.78, 5) is 10.1. The van der Waals surface area contributed by atoms with Gasteiger partial charge in [-0.15, -0.1) is 0 Å². The summed E-state index contributed by atoms with van der Waals surface area (Å²) in [5, 5.41) is 0. The van der Waals surface area contributed by atoms with Crippen LogP contribution in [0.4, 0.5) is 0 Å². The van der Waals surface area contributed by atoms with Crippen LogP contribution < -0.4 is 0 Å². The van der Waals surface area contributed by atoms with Gasteiger partial charge in [0.25, 0.3) is 6.47 Å². The summed E-state index contributed by atoms with van der Waals surface area (Å²) in [5.41, 5.74) is 0. The van der Waals surface area contributed by atoms with Crippen LogP contribution in [0, 0.1) is 5.92 Å². The first-order valence-corrected chi connectivity index (χ1v) is 4.01. The third-order valence-corrected chi connectivity index (χ3v) is 2.13. The Labute approximate surface area is 66.7 Å². The van der Waals surface area contributed by atoms with E-state index in [1.165, 1.54) is 0 Å². The molecule has 3 heteroatoms. The summed E-state index contributed by atoms with van der Waals surface area (Å²) >= 11 is 0. The molecule has 2 atom stereocenters. The molecule has 0 saturated carbocycles. The molecule has 0 bridgehead atoms. The van der Waals surface area contributed by atoms with Gasteiger partial charge in [0.2, 0.25) is 0 Å². The average Bonchev–Trinajstić information content (AvgIpc) is 2.18. The van der Waals surface area contributed by atoms with Gasteiger partial charge >= 0.3 is 0 Å². The fourth-order valence-electron chi connectivity index (χ4n) is 1.31. The zero-order chi connectivity index (χ0) is 8.10. The van der Waals surface area contributed by atoms with Crippen molar-refractivity contribution in [2.24, 2.45) is 5.92 Å². The SMILES string of the molecule is C[C@@H]1CCOCC[C@H]1OC=O. The smallest absolute Gasteiger partial charge is 0.293 e. The Morgan fingerprint density at radius 3 is 2.91 bits per heavy atom. The van der Waals surface area contributed by atoms with Crippen molar-refractivity contribution in [1.29, 1.82) is 0 Å².